The predicted octanol–water partition coefficient (Wildman–Crippen LogP) is 2.45. The van der Waals surface area contributed by atoms with Crippen molar-refractivity contribution >= 4 is 37.3 Å². The summed E-state index contributed by atoms with van der Waals surface area (Å²) in [6.07, 6.45) is -0.331. The van der Waals surface area contributed by atoms with Crippen LogP contribution in [0.4, 0.5) is 5.82 Å². The lowest BCUT2D eigenvalue weighted by atomic mass is 9.92. The molecule has 2 aliphatic heterocycles. The Morgan fingerprint density at radius 1 is 1.30 bits per heavy atom. The van der Waals surface area contributed by atoms with Crippen molar-refractivity contribution in [2.45, 2.75) is 44.4 Å². The number of benzene rings is 1. The third-order valence-electron chi connectivity index (χ3n) is 6.47. The maximum absolute atomic E-state index is 13.6. The summed E-state index contributed by atoms with van der Waals surface area (Å²) in [6.45, 7) is 2.64. The van der Waals surface area contributed by atoms with Gasteiger partial charge in [-0.1, -0.05) is 18.2 Å². The Balaban J connectivity index is 1.47. The monoisotopic (exact) mass is 573 g/mol. The maximum Gasteiger partial charge on any atom is 0.475 e. The fraction of sp³-hybridized carbons (Fsp3) is 0.400. The Morgan fingerprint density at radius 3 is 2.85 bits per heavy atom. The molecule has 2 aromatic heterocycles. The van der Waals surface area contributed by atoms with E-state index in [-0.39, 0.29) is 31.2 Å². The van der Waals surface area contributed by atoms with Gasteiger partial charge in [-0.2, -0.15) is 5.10 Å². The number of aliphatic imine (C=N–C) groups is 1. The van der Waals surface area contributed by atoms with Gasteiger partial charge in [0.05, 0.1) is 31.1 Å². The molecule has 1 unspecified atom stereocenters. The van der Waals surface area contributed by atoms with Crippen LogP contribution in [0, 0.1) is 0 Å². The van der Waals surface area contributed by atoms with Crippen molar-refractivity contribution in [1.82, 2.24) is 14.6 Å². The van der Waals surface area contributed by atoms with E-state index in [0.29, 0.717) is 16.8 Å². The molecular weight excluding hydrogens is 545 g/mol. The molecule has 1 aromatic carbocycles. The van der Waals surface area contributed by atoms with E-state index in [0.717, 1.165) is 0 Å². The van der Waals surface area contributed by atoms with Gasteiger partial charge in [0.2, 0.25) is 0 Å². The lowest BCUT2D eigenvalue weighted by molar-refractivity contribution is -0.156. The van der Waals surface area contributed by atoms with E-state index >= 15 is 0 Å². The summed E-state index contributed by atoms with van der Waals surface area (Å²) in [5.74, 6) is -0.950. The number of phosphoric acid groups is 1. The summed E-state index contributed by atoms with van der Waals surface area (Å²) < 4.78 is 49.4. The Kier molecular flexibility index (Phi) is 7.71. The molecule has 0 saturated carbocycles. The van der Waals surface area contributed by atoms with Crippen LogP contribution in [0.3, 0.4) is 0 Å². The number of hydrogen-bond donors (Lipinski definition) is 1. The van der Waals surface area contributed by atoms with Crippen molar-refractivity contribution in [3.8, 4) is 0 Å². The Morgan fingerprint density at radius 2 is 2.10 bits per heavy atom. The molecule has 2 fully saturated rings. The molecule has 15 heteroatoms. The number of anilines is 1. The van der Waals surface area contributed by atoms with Crippen LogP contribution in [0.2, 0.25) is 0 Å². The van der Waals surface area contributed by atoms with E-state index < -0.39 is 43.7 Å². The molecule has 0 spiro atoms. The van der Waals surface area contributed by atoms with Crippen LogP contribution in [0.25, 0.3) is 5.52 Å². The first-order valence-corrected chi connectivity index (χ1v) is 13.9. The van der Waals surface area contributed by atoms with Crippen molar-refractivity contribution in [2.75, 3.05) is 26.0 Å². The average molecular weight is 573 g/mol. The third kappa shape index (κ3) is 5.00. The highest BCUT2D eigenvalue weighted by Gasteiger charge is 2.63. The van der Waals surface area contributed by atoms with Crippen LogP contribution in [0.1, 0.15) is 35.5 Å². The van der Waals surface area contributed by atoms with Crippen LogP contribution in [-0.4, -0.2) is 71.3 Å². The van der Waals surface area contributed by atoms with Gasteiger partial charge in [0.25, 0.3) is 0 Å². The molecule has 212 valence electrons. The van der Waals surface area contributed by atoms with Gasteiger partial charge in [0.1, 0.15) is 24.1 Å². The molecule has 5 rings (SSSR count). The van der Waals surface area contributed by atoms with Crippen LogP contribution < -0.4 is 5.73 Å². The fourth-order valence-electron chi connectivity index (χ4n) is 4.84. The van der Waals surface area contributed by atoms with E-state index in [1.54, 1.807) is 43.3 Å². The summed E-state index contributed by atoms with van der Waals surface area (Å²) in [5.41, 5.74) is 6.10. The number of nitrogens with two attached hydrogens (primary N) is 1. The first-order chi connectivity index (χ1) is 19.2. The first-order valence-electron chi connectivity index (χ1n) is 12.4. The zero-order chi connectivity index (χ0) is 28.5. The number of fused-ring (bicyclic) bond motifs is 2. The molecule has 2 saturated heterocycles. The normalized spacial score (nSPS) is 28.0. The zero-order valence-electron chi connectivity index (χ0n) is 22.0. The number of nitrogens with zero attached hydrogens (tertiary/aromatic N) is 4. The molecule has 0 bridgehead atoms. The molecule has 5 atom stereocenters. The molecule has 0 aliphatic carbocycles. The lowest BCUT2D eigenvalue weighted by Crippen LogP contribution is -2.47. The number of phosphoric ester groups is 1. The van der Waals surface area contributed by atoms with E-state index in [2.05, 4.69) is 15.1 Å². The number of nitrogen functional groups attached to an aromatic ring is 1. The van der Waals surface area contributed by atoms with Crippen LogP contribution >= 0.6 is 7.82 Å². The Labute approximate surface area is 229 Å². The fourth-order valence-corrected chi connectivity index (χ4v) is 6.21. The quantitative estimate of drug-likeness (QED) is 0.237. The van der Waals surface area contributed by atoms with Crippen molar-refractivity contribution in [2.24, 2.45) is 4.99 Å². The second kappa shape index (κ2) is 11.1. The average Bonchev–Trinajstić information content (AvgIpc) is 3.49. The second-order valence-corrected chi connectivity index (χ2v) is 10.6. The van der Waals surface area contributed by atoms with E-state index in [1.807, 2.05) is 0 Å². The van der Waals surface area contributed by atoms with Gasteiger partial charge in [-0.15, -0.1) is 0 Å². The van der Waals surface area contributed by atoms with E-state index in [4.69, 9.17) is 33.5 Å². The number of carbonyl (C=O) groups is 2. The van der Waals surface area contributed by atoms with Gasteiger partial charge in [-0.25, -0.2) is 18.9 Å². The minimum Gasteiger partial charge on any atom is -0.462 e. The minimum absolute atomic E-state index is 0.192. The van der Waals surface area contributed by atoms with E-state index in [9.17, 15) is 14.2 Å². The van der Waals surface area contributed by atoms with Crippen molar-refractivity contribution < 1.29 is 41.9 Å². The van der Waals surface area contributed by atoms with Crippen LogP contribution in [0.5, 0.6) is 0 Å². The third-order valence-corrected chi connectivity index (χ3v) is 7.88. The highest BCUT2D eigenvalue weighted by Crippen LogP contribution is 2.59. The van der Waals surface area contributed by atoms with E-state index in [1.165, 1.54) is 31.0 Å². The summed E-state index contributed by atoms with van der Waals surface area (Å²) in [6, 6.07) is 9.98. The first kappa shape index (κ1) is 27.9. The molecule has 2 aliphatic rings. The number of carbonyl (C=O) groups excluding carboxylic acids is 2. The summed E-state index contributed by atoms with van der Waals surface area (Å²) in [7, 11) is -2.69. The highest BCUT2D eigenvalue weighted by atomic mass is 31.2. The van der Waals surface area contributed by atoms with Gasteiger partial charge < -0.3 is 19.9 Å². The molecule has 40 heavy (non-hydrogen) atoms. The van der Waals surface area contributed by atoms with Crippen molar-refractivity contribution in [1.29, 1.82) is 0 Å². The number of ether oxygens (including phenoxy) is 3. The molecular formula is C25H28N5O9P. The van der Waals surface area contributed by atoms with Crippen molar-refractivity contribution in [3.63, 3.8) is 0 Å². The molecule has 2 N–H and O–H groups in total. The molecule has 3 aromatic rings. The van der Waals surface area contributed by atoms with Gasteiger partial charge >= 0.3 is 19.8 Å². The van der Waals surface area contributed by atoms with Gasteiger partial charge in [0, 0.05) is 20.2 Å². The predicted molar refractivity (Wildman–Crippen MR) is 140 cm³/mol. The minimum atomic E-state index is -4.22. The standard InChI is InChI=1S/C25H28N5O9P/c1-4-34-24(32)17-8-6-5-7-16(17)11-35-40(33)36-12-19-21(39-40)22(37-15(2)31)25(38-19,13-27-3)20-10-9-18-23(26)28-14-29-30(18)20/h5-10,13-14,19,21-22H,4,11-12H2,1-3H3,(H2,26,28,29)/b27-13-/t19-,21-,22-,25+,40?/m1/s1. The maximum atomic E-state index is 13.6. The molecule has 14 nitrogen and oxygen atoms in total. The summed E-state index contributed by atoms with van der Waals surface area (Å²) >= 11 is 0. The number of hydrogen-bond acceptors (Lipinski definition) is 13. The summed E-state index contributed by atoms with van der Waals surface area (Å²) in [4.78, 5) is 32.8. The number of esters is 2. The molecule has 0 amide bonds. The summed E-state index contributed by atoms with van der Waals surface area (Å²) in [5, 5.41) is 4.29. The smallest absolute Gasteiger partial charge is 0.462 e. The lowest BCUT2D eigenvalue weighted by Gasteiger charge is -2.33. The molecule has 0 radical (unpaired) electrons. The number of aromatic nitrogens is 3. The Bertz CT molecular complexity index is 1510. The highest BCUT2D eigenvalue weighted by molar-refractivity contribution is 7.48. The van der Waals surface area contributed by atoms with Crippen molar-refractivity contribution in [3.05, 3.63) is 59.5 Å². The zero-order valence-corrected chi connectivity index (χ0v) is 22.9. The van der Waals surface area contributed by atoms with Crippen LogP contribution in [-0.2, 0) is 49.3 Å². The van der Waals surface area contributed by atoms with Gasteiger partial charge in [-0.05, 0) is 30.7 Å². The largest absolute Gasteiger partial charge is 0.475 e. The second-order valence-electron chi connectivity index (χ2n) is 8.99. The van der Waals surface area contributed by atoms with Gasteiger partial charge in [0.15, 0.2) is 17.5 Å². The Hall–Kier alpha value is -3.68. The number of rotatable bonds is 8. The van der Waals surface area contributed by atoms with Gasteiger partial charge in [-0.3, -0.25) is 23.4 Å². The topological polar surface area (TPSA) is 175 Å². The van der Waals surface area contributed by atoms with Crippen LogP contribution in [0.15, 0.2) is 47.7 Å². The SMILES string of the molecule is CCOC(=O)c1ccccc1COP1(=O)OC[C@H]2O[C@@](/C=N\C)(c3ccc4c(N)ncnn34)[C@H](OC(C)=O)[C@@H]2O1. The molecule has 4 heterocycles.